The molecule has 19 heavy (non-hydrogen) atoms. The second kappa shape index (κ2) is 4.61. The van der Waals surface area contributed by atoms with Crippen molar-refractivity contribution >= 4 is 22.6 Å². The second-order valence-corrected chi connectivity index (χ2v) is 5.38. The van der Waals surface area contributed by atoms with Crippen LogP contribution in [0.5, 0.6) is 0 Å². The highest BCUT2D eigenvalue weighted by Crippen LogP contribution is 2.24. The number of benzene rings is 1. The van der Waals surface area contributed by atoms with Gasteiger partial charge in [-0.25, -0.2) is 0 Å². The number of hydrogen-bond acceptors (Lipinski definition) is 3. The van der Waals surface area contributed by atoms with Crippen LogP contribution in [0, 0.1) is 5.92 Å². The van der Waals surface area contributed by atoms with Gasteiger partial charge < -0.3 is 15.1 Å². The summed E-state index contributed by atoms with van der Waals surface area (Å²) in [6.07, 6.45) is 2.14. The number of carbonyl (C=O) groups is 1. The number of nitrogen functional groups attached to an aromatic ring is 1. The van der Waals surface area contributed by atoms with Gasteiger partial charge in [0.15, 0.2) is 5.76 Å². The van der Waals surface area contributed by atoms with Crippen LogP contribution in [0.3, 0.4) is 0 Å². The monoisotopic (exact) mass is 258 g/mol. The number of furan rings is 1. The van der Waals surface area contributed by atoms with Crippen LogP contribution < -0.4 is 5.73 Å². The van der Waals surface area contributed by atoms with E-state index in [1.165, 1.54) is 0 Å². The summed E-state index contributed by atoms with van der Waals surface area (Å²) in [6.45, 7) is 3.87. The number of likely N-dealkylation sites (tertiary alicyclic amines) is 1. The maximum absolute atomic E-state index is 12.4. The molecule has 2 heterocycles. The average molecular weight is 258 g/mol. The molecule has 0 radical (unpaired) electrons. The molecule has 100 valence electrons. The van der Waals surface area contributed by atoms with E-state index in [9.17, 15) is 4.79 Å². The summed E-state index contributed by atoms with van der Waals surface area (Å²) >= 11 is 0. The third kappa shape index (κ3) is 2.30. The van der Waals surface area contributed by atoms with Crippen molar-refractivity contribution in [3.63, 3.8) is 0 Å². The molecule has 1 aromatic carbocycles. The number of hydrogen-bond donors (Lipinski definition) is 1. The van der Waals surface area contributed by atoms with Crippen molar-refractivity contribution in [3.05, 3.63) is 30.0 Å². The van der Waals surface area contributed by atoms with E-state index in [1.807, 2.05) is 11.0 Å². The molecular weight excluding hydrogens is 240 g/mol. The Morgan fingerprint density at radius 2 is 2.05 bits per heavy atom. The van der Waals surface area contributed by atoms with Crippen molar-refractivity contribution < 1.29 is 9.21 Å². The van der Waals surface area contributed by atoms with E-state index in [0.29, 0.717) is 22.9 Å². The molecule has 1 fully saturated rings. The Bertz CT molecular complexity index is 610. The first-order valence-corrected chi connectivity index (χ1v) is 6.72. The van der Waals surface area contributed by atoms with Gasteiger partial charge in [-0.2, -0.15) is 0 Å². The lowest BCUT2D eigenvalue weighted by atomic mass is 9.99. The van der Waals surface area contributed by atoms with Crippen LogP contribution in [0.1, 0.15) is 30.3 Å². The molecule has 1 aliphatic heterocycles. The third-order valence-electron chi connectivity index (χ3n) is 3.82. The van der Waals surface area contributed by atoms with Gasteiger partial charge in [-0.15, -0.1) is 0 Å². The first kappa shape index (κ1) is 12.1. The van der Waals surface area contributed by atoms with Gasteiger partial charge in [0.25, 0.3) is 5.91 Å². The fourth-order valence-corrected chi connectivity index (χ4v) is 2.53. The highest BCUT2D eigenvalue weighted by molar-refractivity contribution is 5.96. The lowest BCUT2D eigenvalue weighted by Crippen LogP contribution is -2.37. The number of piperidine rings is 1. The van der Waals surface area contributed by atoms with Crippen molar-refractivity contribution in [2.75, 3.05) is 18.8 Å². The second-order valence-electron chi connectivity index (χ2n) is 5.38. The Labute approximate surface area is 112 Å². The summed E-state index contributed by atoms with van der Waals surface area (Å²) in [5.74, 6) is 1.11. The molecule has 3 rings (SSSR count). The van der Waals surface area contributed by atoms with Gasteiger partial charge in [-0.3, -0.25) is 4.79 Å². The lowest BCUT2D eigenvalue weighted by Gasteiger charge is -2.29. The van der Waals surface area contributed by atoms with Crippen LogP contribution in [-0.2, 0) is 0 Å². The van der Waals surface area contributed by atoms with Gasteiger partial charge in [0, 0.05) is 24.2 Å². The van der Waals surface area contributed by atoms with E-state index in [2.05, 4.69) is 6.92 Å². The highest BCUT2D eigenvalue weighted by atomic mass is 16.3. The first-order chi connectivity index (χ1) is 9.13. The molecule has 0 unspecified atom stereocenters. The lowest BCUT2D eigenvalue weighted by molar-refractivity contribution is 0.0667. The summed E-state index contributed by atoms with van der Waals surface area (Å²) in [6, 6.07) is 7.20. The molecule has 1 amide bonds. The predicted octanol–water partition coefficient (Wildman–Crippen LogP) is 2.89. The van der Waals surface area contributed by atoms with E-state index in [4.69, 9.17) is 10.2 Å². The number of anilines is 1. The maximum Gasteiger partial charge on any atom is 0.289 e. The zero-order valence-electron chi connectivity index (χ0n) is 11.1. The number of carbonyl (C=O) groups excluding carboxylic acids is 1. The van der Waals surface area contributed by atoms with Crippen LogP contribution in [0.2, 0.25) is 0 Å². The maximum atomic E-state index is 12.4. The molecule has 0 bridgehead atoms. The number of nitrogens with zero attached hydrogens (tertiary/aromatic N) is 1. The fraction of sp³-hybridized carbons (Fsp3) is 0.400. The first-order valence-electron chi connectivity index (χ1n) is 6.72. The molecule has 4 heteroatoms. The molecule has 1 aromatic heterocycles. The minimum atomic E-state index is -0.0123. The normalized spacial score (nSPS) is 17.0. The van der Waals surface area contributed by atoms with Crippen LogP contribution >= 0.6 is 0 Å². The van der Waals surface area contributed by atoms with Gasteiger partial charge in [0.1, 0.15) is 5.58 Å². The van der Waals surface area contributed by atoms with Crippen LogP contribution in [0.25, 0.3) is 11.0 Å². The summed E-state index contributed by atoms with van der Waals surface area (Å²) in [4.78, 5) is 14.2. The molecule has 0 aliphatic carbocycles. The minimum Gasteiger partial charge on any atom is -0.451 e. The summed E-state index contributed by atoms with van der Waals surface area (Å²) < 4.78 is 5.62. The van der Waals surface area contributed by atoms with Crippen LogP contribution in [0.15, 0.2) is 28.7 Å². The topological polar surface area (TPSA) is 59.5 Å². The van der Waals surface area contributed by atoms with Gasteiger partial charge in [-0.05, 0) is 43.0 Å². The zero-order valence-corrected chi connectivity index (χ0v) is 11.1. The average Bonchev–Trinajstić information content (AvgIpc) is 2.81. The Balaban J connectivity index is 1.85. The molecule has 0 spiro atoms. The quantitative estimate of drug-likeness (QED) is 0.800. The number of rotatable bonds is 1. The van der Waals surface area contributed by atoms with Crippen LogP contribution in [-0.4, -0.2) is 23.9 Å². The minimum absolute atomic E-state index is 0.0123. The molecule has 0 atom stereocenters. The van der Waals surface area contributed by atoms with Crippen molar-refractivity contribution in [1.82, 2.24) is 4.90 Å². The Morgan fingerprint density at radius 1 is 1.32 bits per heavy atom. The molecule has 2 aromatic rings. The Hall–Kier alpha value is -1.97. The van der Waals surface area contributed by atoms with E-state index >= 15 is 0 Å². The largest absolute Gasteiger partial charge is 0.451 e. The third-order valence-corrected chi connectivity index (χ3v) is 3.82. The summed E-state index contributed by atoms with van der Waals surface area (Å²) in [5.41, 5.74) is 7.12. The van der Waals surface area contributed by atoms with E-state index < -0.39 is 0 Å². The summed E-state index contributed by atoms with van der Waals surface area (Å²) in [7, 11) is 0. The molecule has 1 aliphatic rings. The Morgan fingerprint density at radius 3 is 2.79 bits per heavy atom. The highest BCUT2D eigenvalue weighted by Gasteiger charge is 2.23. The molecule has 1 saturated heterocycles. The number of fused-ring (bicyclic) bond motifs is 1. The SMILES string of the molecule is CC1CCN(C(=O)c2cc3cc(N)ccc3o2)CC1. The molecule has 2 N–H and O–H groups in total. The molecule has 0 saturated carbocycles. The van der Waals surface area contributed by atoms with Crippen molar-refractivity contribution in [1.29, 1.82) is 0 Å². The van der Waals surface area contributed by atoms with E-state index in [0.717, 1.165) is 31.3 Å². The standard InChI is InChI=1S/C15H18N2O2/c1-10-4-6-17(7-5-10)15(18)14-9-11-8-12(16)2-3-13(11)19-14/h2-3,8-10H,4-7,16H2,1H3. The number of amides is 1. The van der Waals surface area contributed by atoms with Crippen molar-refractivity contribution in [2.45, 2.75) is 19.8 Å². The smallest absolute Gasteiger partial charge is 0.289 e. The van der Waals surface area contributed by atoms with Crippen LogP contribution in [0.4, 0.5) is 5.69 Å². The van der Waals surface area contributed by atoms with Gasteiger partial charge in [0.05, 0.1) is 0 Å². The molecular formula is C15H18N2O2. The van der Waals surface area contributed by atoms with Gasteiger partial charge in [0.2, 0.25) is 0 Å². The van der Waals surface area contributed by atoms with Gasteiger partial charge in [-0.1, -0.05) is 6.92 Å². The fourth-order valence-electron chi connectivity index (χ4n) is 2.53. The van der Waals surface area contributed by atoms with Gasteiger partial charge >= 0.3 is 0 Å². The van der Waals surface area contributed by atoms with E-state index in [-0.39, 0.29) is 5.91 Å². The van der Waals surface area contributed by atoms with E-state index in [1.54, 1.807) is 18.2 Å². The number of nitrogens with two attached hydrogens (primary N) is 1. The predicted molar refractivity (Wildman–Crippen MR) is 74.9 cm³/mol. The Kier molecular flexibility index (Phi) is 2.93. The van der Waals surface area contributed by atoms with Crippen molar-refractivity contribution in [2.24, 2.45) is 5.92 Å². The zero-order chi connectivity index (χ0) is 13.4. The molecule has 4 nitrogen and oxygen atoms in total. The van der Waals surface area contributed by atoms with Crippen molar-refractivity contribution in [3.8, 4) is 0 Å². The summed E-state index contributed by atoms with van der Waals surface area (Å²) in [5, 5.41) is 0.883.